The Morgan fingerprint density at radius 2 is 1.79 bits per heavy atom. The summed E-state index contributed by atoms with van der Waals surface area (Å²) < 4.78 is 10.5. The summed E-state index contributed by atoms with van der Waals surface area (Å²) in [5.41, 5.74) is -3.24. The van der Waals surface area contributed by atoms with Gasteiger partial charge in [-0.3, -0.25) is 30.0 Å². The molecule has 0 saturated heterocycles. The SMILES string of the molecule is COc1ccc(-c2ccc(/C=C\c3[nH]c(=O)[nH]c(=O)c3[N+](=O)[O-])o2)c([N+](=O)[O-])c1. The van der Waals surface area contributed by atoms with Gasteiger partial charge in [0.05, 0.1) is 28.6 Å². The molecule has 0 radical (unpaired) electrons. The smallest absolute Gasteiger partial charge is 0.357 e. The highest BCUT2D eigenvalue weighted by Crippen LogP contribution is 2.34. The van der Waals surface area contributed by atoms with Gasteiger partial charge in [-0.1, -0.05) is 0 Å². The maximum Gasteiger partial charge on any atom is 0.357 e. The third-order valence-corrected chi connectivity index (χ3v) is 3.84. The summed E-state index contributed by atoms with van der Waals surface area (Å²) in [4.78, 5) is 47.8. The number of methoxy groups -OCH3 is 1. The van der Waals surface area contributed by atoms with Crippen molar-refractivity contribution in [2.75, 3.05) is 7.11 Å². The molecule has 0 atom stereocenters. The van der Waals surface area contributed by atoms with Crippen molar-refractivity contribution in [3.05, 3.63) is 82.9 Å². The maximum atomic E-state index is 11.6. The van der Waals surface area contributed by atoms with Crippen LogP contribution in [0.1, 0.15) is 11.5 Å². The molecule has 0 unspecified atom stereocenters. The van der Waals surface area contributed by atoms with E-state index < -0.39 is 26.8 Å². The van der Waals surface area contributed by atoms with Crippen molar-refractivity contribution in [3.8, 4) is 17.1 Å². The van der Waals surface area contributed by atoms with E-state index in [-0.39, 0.29) is 28.5 Å². The minimum Gasteiger partial charge on any atom is -0.497 e. The van der Waals surface area contributed by atoms with E-state index in [0.717, 1.165) is 6.08 Å². The Balaban J connectivity index is 1.99. The Bertz CT molecular complexity index is 1250. The van der Waals surface area contributed by atoms with Crippen molar-refractivity contribution in [2.45, 2.75) is 0 Å². The highest BCUT2D eigenvalue weighted by Gasteiger charge is 2.20. The molecular weight excluding hydrogens is 388 g/mol. The zero-order chi connectivity index (χ0) is 21.1. The van der Waals surface area contributed by atoms with Crippen molar-refractivity contribution in [1.29, 1.82) is 0 Å². The summed E-state index contributed by atoms with van der Waals surface area (Å²) >= 11 is 0. The Morgan fingerprint density at radius 1 is 1.03 bits per heavy atom. The number of aromatic nitrogens is 2. The van der Waals surface area contributed by atoms with E-state index >= 15 is 0 Å². The zero-order valence-electron chi connectivity index (χ0n) is 14.7. The first-order valence-electron chi connectivity index (χ1n) is 7.92. The van der Waals surface area contributed by atoms with E-state index in [1.165, 1.54) is 43.5 Å². The fraction of sp³-hybridized carbons (Fsp3) is 0.0588. The molecular formula is C17H12N4O8. The van der Waals surface area contributed by atoms with Gasteiger partial charge in [0.15, 0.2) is 0 Å². The van der Waals surface area contributed by atoms with E-state index in [1.807, 2.05) is 0 Å². The molecule has 3 aromatic rings. The predicted octanol–water partition coefficient (Wildman–Crippen LogP) is 2.32. The number of ether oxygens (including phenoxy) is 1. The van der Waals surface area contributed by atoms with Crippen LogP contribution < -0.4 is 16.0 Å². The molecule has 0 amide bonds. The number of benzene rings is 1. The average molecular weight is 400 g/mol. The van der Waals surface area contributed by atoms with Crippen LogP contribution in [0.2, 0.25) is 0 Å². The Kier molecular flexibility index (Phi) is 5.08. The van der Waals surface area contributed by atoms with Crippen molar-refractivity contribution < 1.29 is 19.0 Å². The van der Waals surface area contributed by atoms with Crippen LogP contribution in [-0.2, 0) is 0 Å². The number of nitrogens with zero attached hydrogens (tertiary/aromatic N) is 2. The second-order valence-corrected chi connectivity index (χ2v) is 5.60. The van der Waals surface area contributed by atoms with Gasteiger partial charge in [0, 0.05) is 0 Å². The van der Waals surface area contributed by atoms with Crippen LogP contribution in [-0.4, -0.2) is 26.9 Å². The van der Waals surface area contributed by atoms with Crippen LogP contribution in [0.25, 0.3) is 23.5 Å². The maximum absolute atomic E-state index is 11.6. The lowest BCUT2D eigenvalue weighted by molar-refractivity contribution is -0.386. The van der Waals surface area contributed by atoms with E-state index in [0.29, 0.717) is 5.75 Å². The summed E-state index contributed by atoms with van der Waals surface area (Å²) in [7, 11) is 1.38. The molecule has 0 aliphatic heterocycles. The quantitative estimate of drug-likeness (QED) is 0.468. The Morgan fingerprint density at radius 3 is 2.45 bits per heavy atom. The molecule has 3 rings (SSSR count). The van der Waals surface area contributed by atoms with Crippen LogP contribution in [0.3, 0.4) is 0 Å². The molecule has 0 spiro atoms. The first-order chi connectivity index (χ1) is 13.8. The molecule has 0 bridgehead atoms. The second kappa shape index (κ2) is 7.64. The molecule has 12 heteroatoms. The lowest BCUT2D eigenvalue weighted by Gasteiger charge is -2.03. The number of hydrogen-bond acceptors (Lipinski definition) is 8. The van der Waals surface area contributed by atoms with Crippen LogP contribution in [0, 0.1) is 20.2 Å². The Labute approximate surface area is 160 Å². The lowest BCUT2D eigenvalue weighted by Crippen LogP contribution is -2.25. The molecule has 2 N–H and O–H groups in total. The minimum atomic E-state index is -1.15. The fourth-order valence-corrected chi connectivity index (χ4v) is 2.55. The number of H-pyrrole nitrogens is 2. The summed E-state index contributed by atoms with van der Waals surface area (Å²) in [5.74, 6) is 0.658. The number of nitro benzene ring substituents is 1. The molecule has 0 aliphatic rings. The van der Waals surface area contributed by atoms with Gasteiger partial charge in [-0.2, -0.15) is 0 Å². The number of nitrogens with one attached hydrogen (secondary N) is 2. The molecule has 0 aliphatic carbocycles. The van der Waals surface area contributed by atoms with Crippen molar-refractivity contribution in [1.82, 2.24) is 9.97 Å². The van der Waals surface area contributed by atoms with E-state index in [1.54, 1.807) is 4.98 Å². The Hall–Kier alpha value is -4.48. The predicted molar refractivity (Wildman–Crippen MR) is 101 cm³/mol. The molecule has 0 saturated carbocycles. The number of aromatic amines is 2. The second-order valence-electron chi connectivity index (χ2n) is 5.60. The van der Waals surface area contributed by atoms with Gasteiger partial charge in [-0.25, -0.2) is 4.79 Å². The average Bonchev–Trinajstić information content (AvgIpc) is 3.13. The van der Waals surface area contributed by atoms with Gasteiger partial charge in [-0.05, 0) is 36.4 Å². The van der Waals surface area contributed by atoms with Crippen LogP contribution in [0.5, 0.6) is 5.75 Å². The molecule has 148 valence electrons. The molecule has 2 aromatic heterocycles. The normalized spacial score (nSPS) is 10.9. The van der Waals surface area contributed by atoms with Gasteiger partial charge < -0.3 is 14.1 Å². The first-order valence-corrected chi connectivity index (χ1v) is 7.92. The minimum absolute atomic E-state index is 0.174. The van der Waals surface area contributed by atoms with Crippen molar-refractivity contribution in [3.63, 3.8) is 0 Å². The van der Waals surface area contributed by atoms with E-state index in [2.05, 4.69) is 4.98 Å². The zero-order valence-corrected chi connectivity index (χ0v) is 14.7. The summed E-state index contributed by atoms with van der Waals surface area (Å²) in [5, 5.41) is 22.4. The van der Waals surface area contributed by atoms with E-state index in [9.17, 15) is 29.8 Å². The van der Waals surface area contributed by atoms with Gasteiger partial charge in [0.1, 0.15) is 23.0 Å². The molecule has 0 fully saturated rings. The fourth-order valence-electron chi connectivity index (χ4n) is 2.55. The third-order valence-electron chi connectivity index (χ3n) is 3.84. The van der Waals surface area contributed by atoms with Gasteiger partial charge >= 0.3 is 16.9 Å². The monoisotopic (exact) mass is 400 g/mol. The molecule has 1 aromatic carbocycles. The standard InChI is InChI=1S/C17H12N4O8/c1-28-10-2-5-11(13(8-10)20(24)25)14-7-4-9(29-14)3-6-12-15(21(26)27)16(22)19-17(23)18-12/h2-8H,1H3,(H2,18,19,22,23)/b6-3-. The topological polar surface area (TPSA) is 174 Å². The number of nitro groups is 2. The van der Waals surface area contributed by atoms with Crippen molar-refractivity contribution >= 4 is 23.5 Å². The number of rotatable bonds is 6. The largest absolute Gasteiger partial charge is 0.497 e. The van der Waals surface area contributed by atoms with E-state index in [4.69, 9.17) is 9.15 Å². The number of hydrogen-bond donors (Lipinski definition) is 2. The molecule has 12 nitrogen and oxygen atoms in total. The lowest BCUT2D eigenvalue weighted by atomic mass is 10.1. The third kappa shape index (κ3) is 3.95. The van der Waals surface area contributed by atoms with Crippen LogP contribution in [0.15, 0.2) is 44.3 Å². The van der Waals surface area contributed by atoms with Crippen LogP contribution in [0.4, 0.5) is 11.4 Å². The highest BCUT2D eigenvalue weighted by molar-refractivity contribution is 5.74. The molecule has 2 heterocycles. The summed E-state index contributed by atoms with van der Waals surface area (Å²) in [6.45, 7) is 0. The summed E-state index contributed by atoms with van der Waals surface area (Å²) in [6, 6.07) is 7.19. The van der Waals surface area contributed by atoms with Gasteiger partial charge in [-0.15, -0.1) is 0 Å². The number of furan rings is 1. The van der Waals surface area contributed by atoms with Crippen LogP contribution >= 0.6 is 0 Å². The molecule has 29 heavy (non-hydrogen) atoms. The van der Waals surface area contributed by atoms with Crippen molar-refractivity contribution in [2.24, 2.45) is 0 Å². The summed E-state index contributed by atoms with van der Waals surface area (Å²) in [6.07, 6.45) is 2.40. The van der Waals surface area contributed by atoms with Gasteiger partial charge in [0.2, 0.25) is 0 Å². The first kappa shape index (κ1) is 19.3. The highest BCUT2D eigenvalue weighted by atomic mass is 16.6. The van der Waals surface area contributed by atoms with Gasteiger partial charge in [0.25, 0.3) is 5.69 Å².